The number of ether oxygens (including phenoxy) is 2. The molecule has 6 nitrogen and oxygen atoms in total. The van der Waals surface area contributed by atoms with Gasteiger partial charge in [-0.3, -0.25) is 14.4 Å². The van der Waals surface area contributed by atoms with Gasteiger partial charge in [0, 0.05) is 19.5 Å². The highest BCUT2D eigenvalue weighted by molar-refractivity contribution is 5.81. The topological polar surface area (TPSA) is 72.9 Å². The van der Waals surface area contributed by atoms with Crippen LogP contribution in [-0.2, 0) is 23.9 Å². The highest BCUT2D eigenvalue weighted by atomic mass is 16.5. The van der Waals surface area contributed by atoms with Gasteiger partial charge in [-0.1, -0.05) is 6.42 Å². The number of hydrogen-bond acceptors (Lipinski definition) is 5. The molecule has 0 aromatic heterocycles. The van der Waals surface area contributed by atoms with Crippen molar-refractivity contribution in [2.45, 2.75) is 51.9 Å². The van der Waals surface area contributed by atoms with Crippen molar-refractivity contribution in [2.24, 2.45) is 23.7 Å². The number of piperidine rings is 1. The number of hydrogen-bond donors (Lipinski definition) is 0. The Labute approximate surface area is 149 Å². The molecule has 0 spiro atoms. The second-order valence-corrected chi connectivity index (χ2v) is 7.71. The quantitative estimate of drug-likeness (QED) is 0.686. The standard InChI is InChI=1S/C19H29NO5/c1-2-24-19(23)14-5-7-20(8-6-14)17(21)12-25-18(22)11-16-10-13-3-4-15(16)9-13/h13-16H,2-12H2,1H3/t13-,15+,16-/m0/s1. The molecule has 2 bridgehead atoms. The van der Waals surface area contributed by atoms with Crippen LogP contribution in [0.2, 0.25) is 0 Å². The van der Waals surface area contributed by atoms with Crippen molar-refractivity contribution < 1.29 is 23.9 Å². The summed E-state index contributed by atoms with van der Waals surface area (Å²) in [6.45, 7) is 3.04. The number of rotatable bonds is 6. The van der Waals surface area contributed by atoms with Crippen LogP contribution < -0.4 is 0 Å². The summed E-state index contributed by atoms with van der Waals surface area (Å²) in [5, 5.41) is 0. The van der Waals surface area contributed by atoms with Crippen molar-refractivity contribution in [2.75, 3.05) is 26.3 Å². The van der Waals surface area contributed by atoms with E-state index in [9.17, 15) is 14.4 Å². The summed E-state index contributed by atoms with van der Waals surface area (Å²) in [5.74, 6) is 1.26. The van der Waals surface area contributed by atoms with Crippen molar-refractivity contribution in [3.05, 3.63) is 0 Å². The summed E-state index contributed by atoms with van der Waals surface area (Å²) in [6, 6.07) is 0. The van der Waals surface area contributed by atoms with Gasteiger partial charge in [-0.25, -0.2) is 0 Å². The van der Waals surface area contributed by atoms with Crippen molar-refractivity contribution >= 4 is 17.8 Å². The third-order valence-corrected chi connectivity index (χ3v) is 6.14. The largest absolute Gasteiger partial charge is 0.466 e. The summed E-state index contributed by atoms with van der Waals surface area (Å²) < 4.78 is 10.2. The van der Waals surface area contributed by atoms with Crippen LogP contribution in [0, 0.1) is 23.7 Å². The van der Waals surface area contributed by atoms with E-state index in [2.05, 4.69) is 0 Å². The number of carbonyl (C=O) groups excluding carboxylic acids is 3. The van der Waals surface area contributed by atoms with Gasteiger partial charge < -0.3 is 14.4 Å². The normalized spacial score (nSPS) is 28.8. The molecule has 0 aromatic carbocycles. The lowest BCUT2D eigenvalue weighted by molar-refractivity contribution is -0.155. The van der Waals surface area contributed by atoms with Gasteiger partial charge in [0.1, 0.15) is 0 Å². The van der Waals surface area contributed by atoms with Crippen LogP contribution in [0.15, 0.2) is 0 Å². The molecular weight excluding hydrogens is 322 g/mol. The van der Waals surface area contributed by atoms with Crippen LogP contribution >= 0.6 is 0 Å². The zero-order valence-corrected chi connectivity index (χ0v) is 15.1. The third kappa shape index (κ3) is 4.53. The molecule has 25 heavy (non-hydrogen) atoms. The monoisotopic (exact) mass is 351 g/mol. The Morgan fingerprint density at radius 3 is 2.36 bits per heavy atom. The van der Waals surface area contributed by atoms with Crippen LogP contribution in [0.5, 0.6) is 0 Å². The van der Waals surface area contributed by atoms with Gasteiger partial charge >= 0.3 is 11.9 Å². The second kappa shape index (κ2) is 8.19. The highest BCUT2D eigenvalue weighted by Crippen LogP contribution is 2.49. The molecule has 3 atom stereocenters. The number of fused-ring (bicyclic) bond motifs is 2. The summed E-state index contributed by atoms with van der Waals surface area (Å²) in [6.07, 6.45) is 6.67. The minimum Gasteiger partial charge on any atom is -0.466 e. The average molecular weight is 351 g/mol. The maximum absolute atomic E-state index is 12.2. The molecule has 0 unspecified atom stereocenters. The maximum atomic E-state index is 12.2. The Bertz CT molecular complexity index is 512. The second-order valence-electron chi connectivity index (χ2n) is 7.71. The Balaban J connectivity index is 1.34. The summed E-state index contributed by atoms with van der Waals surface area (Å²) >= 11 is 0. The zero-order chi connectivity index (χ0) is 17.8. The van der Waals surface area contributed by atoms with Crippen molar-refractivity contribution in [1.82, 2.24) is 4.90 Å². The smallest absolute Gasteiger partial charge is 0.309 e. The van der Waals surface area contributed by atoms with Gasteiger partial charge in [0.15, 0.2) is 6.61 Å². The number of likely N-dealkylation sites (tertiary alicyclic amines) is 1. The minimum absolute atomic E-state index is 0.121. The summed E-state index contributed by atoms with van der Waals surface area (Å²) in [7, 11) is 0. The van der Waals surface area contributed by atoms with E-state index >= 15 is 0 Å². The van der Waals surface area contributed by atoms with Crippen LogP contribution in [0.1, 0.15) is 51.9 Å². The molecule has 1 aliphatic heterocycles. The molecule has 3 fully saturated rings. The van der Waals surface area contributed by atoms with Crippen molar-refractivity contribution in [3.8, 4) is 0 Å². The van der Waals surface area contributed by atoms with Crippen LogP contribution in [-0.4, -0.2) is 49.0 Å². The van der Waals surface area contributed by atoms with Crippen LogP contribution in [0.3, 0.4) is 0 Å². The molecule has 3 rings (SSSR count). The van der Waals surface area contributed by atoms with E-state index in [1.165, 1.54) is 19.3 Å². The molecule has 2 saturated carbocycles. The Morgan fingerprint density at radius 1 is 1.00 bits per heavy atom. The fourth-order valence-corrected chi connectivity index (χ4v) is 4.76. The third-order valence-electron chi connectivity index (χ3n) is 6.14. The molecule has 0 radical (unpaired) electrons. The first-order chi connectivity index (χ1) is 12.1. The van der Waals surface area contributed by atoms with E-state index in [-0.39, 0.29) is 30.4 Å². The number of esters is 2. The van der Waals surface area contributed by atoms with Gasteiger partial charge in [-0.15, -0.1) is 0 Å². The Kier molecular flexibility index (Phi) is 5.97. The Morgan fingerprint density at radius 2 is 1.76 bits per heavy atom. The molecule has 3 aliphatic rings. The predicted molar refractivity (Wildman–Crippen MR) is 90.5 cm³/mol. The van der Waals surface area contributed by atoms with E-state index in [0.717, 1.165) is 12.3 Å². The van der Waals surface area contributed by atoms with E-state index in [0.29, 0.717) is 50.8 Å². The SMILES string of the molecule is CCOC(=O)C1CCN(C(=O)COC(=O)C[C@@H]2C[C@H]3CC[C@@H]2C3)CC1. The first-order valence-electron chi connectivity index (χ1n) is 9.66. The van der Waals surface area contributed by atoms with Crippen molar-refractivity contribution in [1.29, 1.82) is 0 Å². The molecule has 1 saturated heterocycles. The molecule has 0 aromatic rings. The van der Waals surface area contributed by atoms with Gasteiger partial charge in [0.25, 0.3) is 5.91 Å². The van der Waals surface area contributed by atoms with Crippen LogP contribution in [0.25, 0.3) is 0 Å². The Hall–Kier alpha value is -1.59. The number of nitrogens with zero attached hydrogens (tertiary/aromatic N) is 1. The highest BCUT2D eigenvalue weighted by Gasteiger charge is 2.40. The number of carbonyl (C=O) groups is 3. The lowest BCUT2D eigenvalue weighted by Crippen LogP contribution is -2.42. The fourth-order valence-electron chi connectivity index (χ4n) is 4.76. The maximum Gasteiger partial charge on any atom is 0.309 e. The first-order valence-corrected chi connectivity index (χ1v) is 9.66. The lowest BCUT2D eigenvalue weighted by atomic mass is 9.86. The van der Waals surface area contributed by atoms with E-state index < -0.39 is 0 Å². The fraction of sp³-hybridized carbons (Fsp3) is 0.842. The first kappa shape index (κ1) is 18.2. The minimum atomic E-state index is -0.243. The molecule has 6 heteroatoms. The van der Waals surface area contributed by atoms with E-state index in [4.69, 9.17) is 9.47 Å². The molecule has 140 valence electrons. The zero-order valence-electron chi connectivity index (χ0n) is 15.1. The van der Waals surface area contributed by atoms with Gasteiger partial charge in [0.05, 0.1) is 12.5 Å². The average Bonchev–Trinajstić information content (AvgIpc) is 3.23. The predicted octanol–water partition coefficient (Wildman–Crippen LogP) is 2.16. The van der Waals surface area contributed by atoms with Crippen LogP contribution in [0.4, 0.5) is 0 Å². The summed E-state index contributed by atoms with van der Waals surface area (Å²) in [4.78, 5) is 37.6. The molecular formula is C19H29NO5. The number of amides is 1. The van der Waals surface area contributed by atoms with E-state index in [1.54, 1.807) is 11.8 Å². The van der Waals surface area contributed by atoms with Gasteiger partial charge in [0.2, 0.25) is 0 Å². The van der Waals surface area contributed by atoms with Gasteiger partial charge in [-0.2, -0.15) is 0 Å². The van der Waals surface area contributed by atoms with Crippen molar-refractivity contribution in [3.63, 3.8) is 0 Å². The molecule has 2 aliphatic carbocycles. The summed E-state index contributed by atoms with van der Waals surface area (Å²) in [5.41, 5.74) is 0. The molecule has 1 amide bonds. The molecule has 1 heterocycles. The lowest BCUT2D eigenvalue weighted by Gasteiger charge is -2.30. The van der Waals surface area contributed by atoms with E-state index in [1.807, 2.05) is 0 Å². The molecule has 0 N–H and O–H groups in total. The van der Waals surface area contributed by atoms with Gasteiger partial charge in [-0.05, 0) is 56.8 Å².